The van der Waals surface area contributed by atoms with Gasteiger partial charge in [-0.05, 0) is 42.8 Å². The van der Waals surface area contributed by atoms with E-state index in [2.05, 4.69) is 0 Å². The van der Waals surface area contributed by atoms with Gasteiger partial charge < -0.3 is 14.3 Å². The molecule has 8 nitrogen and oxygen atoms in total. The van der Waals surface area contributed by atoms with Crippen molar-refractivity contribution in [3.8, 4) is 17.4 Å². The van der Waals surface area contributed by atoms with Gasteiger partial charge in [-0.3, -0.25) is 14.5 Å². The third kappa shape index (κ3) is 3.79. The van der Waals surface area contributed by atoms with Gasteiger partial charge in [0.25, 0.3) is 11.8 Å². The molecular weight excluding hydrogens is 388 g/mol. The number of aliphatic hydroxyl groups is 1. The zero-order valence-electron chi connectivity index (χ0n) is 16.3. The van der Waals surface area contributed by atoms with Crippen LogP contribution >= 0.6 is 0 Å². The van der Waals surface area contributed by atoms with Crippen molar-refractivity contribution in [1.82, 2.24) is 4.90 Å². The standard InChI is InChI=1S/C22H18N2O6/c1-13-17(20(26)24(8-9-25)21(27)18(13)12-23)11-16-6-7-19(30-16)14-4-3-5-15(10-14)22(28)29-2/h3-7,10-11,25H,8-9H2,1-2H3. The molecule has 0 saturated heterocycles. The Bertz CT molecular complexity index is 1130. The highest BCUT2D eigenvalue weighted by Gasteiger charge is 2.35. The molecule has 1 aromatic heterocycles. The summed E-state index contributed by atoms with van der Waals surface area (Å²) in [4.78, 5) is 37.6. The molecule has 2 amide bonds. The predicted molar refractivity (Wildman–Crippen MR) is 106 cm³/mol. The van der Waals surface area contributed by atoms with Crippen molar-refractivity contribution in [2.45, 2.75) is 6.92 Å². The maximum atomic E-state index is 12.7. The Balaban J connectivity index is 2.00. The second kappa shape index (κ2) is 8.59. The topological polar surface area (TPSA) is 121 Å². The summed E-state index contributed by atoms with van der Waals surface area (Å²) < 4.78 is 10.5. The van der Waals surface area contributed by atoms with Gasteiger partial charge in [-0.2, -0.15) is 5.26 Å². The normalized spacial score (nSPS) is 15.5. The molecule has 0 unspecified atom stereocenters. The molecule has 0 saturated carbocycles. The first kappa shape index (κ1) is 20.8. The van der Waals surface area contributed by atoms with Crippen LogP contribution in [0, 0.1) is 11.3 Å². The van der Waals surface area contributed by atoms with Crippen LogP contribution in [-0.2, 0) is 14.3 Å². The quantitative estimate of drug-likeness (QED) is 0.459. The first-order valence-corrected chi connectivity index (χ1v) is 9.00. The molecule has 8 heteroatoms. The van der Waals surface area contributed by atoms with Crippen molar-refractivity contribution in [2.24, 2.45) is 0 Å². The molecule has 0 aliphatic carbocycles. The molecule has 2 heterocycles. The molecule has 2 aromatic rings. The summed E-state index contributed by atoms with van der Waals surface area (Å²) in [5.74, 6) is -1.04. The molecule has 1 aliphatic heterocycles. The Kier molecular flexibility index (Phi) is 5.95. The van der Waals surface area contributed by atoms with E-state index in [1.54, 1.807) is 36.4 Å². The summed E-state index contributed by atoms with van der Waals surface area (Å²) >= 11 is 0. The van der Waals surface area contributed by atoms with Crippen LogP contribution in [0.1, 0.15) is 23.0 Å². The fourth-order valence-corrected chi connectivity index (χ4v) is 3.08. The average Bonchev–Trinajstić information content (AvgIpc) is 3.23. The van der Waals surface area contributed by atoms with E-state index >= 15 is 0 Å². The zero-order chi connectivity index (χ0) is 21.8. The van der Waals surface area contributed by atoms with Crippen molar-refractivity contribution < 1.29 is 28.6 Å². The van der Waals surface area contributed by atoms with Crippen LogP contribution in [0.3, 0.4) is 0 Å². The minimum absolute atomic E-state index is 0.129. The smallest absolute Gasteiger partial charge is 0.337 e. The first-order chi connectivity index (χ1) is 14.4. The molecule has 1 aliphatic rings. The van der Waals surface area contributed by atoms with Crippen LogP contribution in [0.25, 0.3) is 17.4 Å². The van der Waals surface area contributed by atoms with Gasteiger partial charge in [0, 0.05) is 11.1 Å². The first-order valence-electron chi connectivity index (χ1n) is 9.00. The molecule has 0 spiro atoms. The third-order valence-corrected chi connectivity index (χ3v) is 4.63. The monoisotopic (exact) mass is 406 g/mol. The summed E-state index contributed by atoms with van der Waals surface area (Å²) in [6.45, 7) is 0.890. The van der Waals surface area contributed by atoms with Crippen molar-refractivity contribution in [2.75, 3.05) is 20.3 Å². The lowest BCUT2D eigenvalue weighted by atomic mass is 9.95. The van der Waals surface area contributed by atoms with E-state index in [1.807, 2.05) is 6.07 Å². The Labute approximate surface area is 172 Å². The average molecular weight is 406 g/mol. The number of aliphatic hydroxyl groups excluding tert-OH is 1. The molecule has 3 rings (SSSR count). The number of nitrogens with zero attached hydrogens (tertiary/aromatic N) is 2. The third-order valence-electron chi connectivity index (χ3n) is 4.63. The Hall–Kier alpha value is -3.96. The van der Waals surface area contributed by atoms with Gasteiger partial charge in [-0.15, -0.1) is 0 Å². The number of hydrogen-bond donors (Lipinski definition) is 1. The largest absolute Gasteiger partial charge is 0.465 e. The minimum Gasteiger partial charge on any atom is -0.465 e. The molecule has 1 N–H and O–H groups in total. The maximum Gasteiger partial charge on any atom is 0.337 e. The summed E-state index contributed by atoms with van der Waals surface area (Å²) in [6, 6.07) is 11.8. The van der Waals surface area contributed by atoms with Gasteiger partial charge in [0.1, 0.15) is 23.2 Å². The Morgan fingerprint density at radius 3 is 2.70 bits per heavy atom. The number of imide groups is 1. The lowest BCUT2D eigenvalue weighted by Gasteiger charge is -2.26. The van der Waals surface area contributed by atoms with Crippen molar-refractivity contribution in [3.63, 3.8) is 0 Å². The summed E-state index contributed by atoms with van der Waals surface area (Å²) in [6.07, 6.45) is 1.44. The highest BCUT2D eigenvalue weighted by atomic mass is 16.5. The molecular formula is C22H18N2O6. The second-order valence-corrected chi connectivity index (χ2v) is 6.43. The van der Waals surface area contributed by atoms with Gasteiger partial charge in [-0.1, -0.05) is 12.1 Å². The number of amides is 2. The van der Waals surface area contributed by atoms with Crippen LogP contribution in [0.2, 0.25) is 0 Å². The van der Waals surface area contributed by atoms with E-state index in [-0.39, 0.29) is 23.3 Å². The van der Waals surface area contributed by atoms with Gasteiger partial charge in [0.15, 0.2) is 0 Å². The van der Waals surface area contributed by atoms with Crippen molar-refractivity contribution in [1.29, 1.82) is 5.26 Å². The molecule has 0 radical (unpaired) electrons. The Morgan fingerprint density at radius 2 is 2.03 bits per heavy atom. The van der Waals surface area contributed by atoms with Crippen LogP contribution in [-0.4, -0.2) is 48.1 Å². The van der Waals surface area contributed by atoms with E-state index in [0.29, 0.717) is 22.6 Å². The van der Waals surface area contributed by atoms with E-state index in [4.69, 9.17) is 14.3 Å². The number of ether oxygens (including phenoxy) is 1. The summed E-state index contributed by atoms with van der Waals surface area (Å²) in [5.41, 5.74) is 1.21. The summed E-state index contributed by atoms with van der Waals surface area (Å²) in [5, 5.41) is 18.5. The molecule has 152 valence electrons. The second-order valence-electron chi connectivity index (χ2n) is 6.43. The lowest BCUT2D eigenvalue weighted by molar-refractivity contribution is -0.141. The SMILES string of the molecule is COC(=O)c1cccc(-c2ccc(C=C3C(=O)N(CCO)C(=O)C(C#N)=C3C)o2)c1. The highest BCUT2D eigenvalue weighted by molar-refractivity contribution is 6.19. The number of esters is 1. The number of benzene rings is 1. The number of carbonyl (C=O) groups excluding carboxylic acids is 3. The minimum atomic E-state index is -0.731. The molecule has 0 fully saturated rings. The summed E-state index contributed by atoms with van der Waals surface area (Å²) in [7, 11) is 1.30. The van der Waals surface area contributed by atoms with Crippen molar-refractivity contribution >= 4 is 23.9 Å². The number of hydrogen-bond acceptors (Lipinski definition) is 7. The fraction of sp³-hybridized carbons (Fsp3) is 0.182. The molecule has 0 atom stereocenters. The van der Waals surface area contributed by atoms with Gasteiger partial charge in [-0.25, -0.2) is 4.79 Å². The number of carbonyl (C=O) groups is 3. The number of β-amino-alcohol motifs (C(OH)–C–C–N with tert-alkyl or cyclic N) is 1. The van der Waals surface area contributed by atoms with Crippen molar-refractivity contribution in [3.05, 3.63) is 64.4 Å². The zero-order valence-corrected chi connectivity index (χ0v) is 16.3. The number of nitriles is 1. The van der Waals surface area contributed by atoms with E-state index in [9.17, 15) is 19.6 Å². The number of furan rings is 1. The van der Waals surface area contributed by atoms with E-state index < -0.39 is 24.4 Å². The number of methoxy groups -OCH3 is 1. The van der Waals surface area contributed by atoms with Gasteiger partial charge in [0.2, 0.25) is 0 Å². The number of rotatable bonds is 5. The van der Waals surface area contributed by atoms with Gasteiger partial charge in [0.05, 0.1) is 25.8 Å². The highest BCUT2D eigenvalue weighted by Crippen LogP contribution is 2.29. The van der Waals surface area contributed by atoms with Crippen LogP contribution in [0.4, 0.5) is 0 Å². The predicted octanol–water partition coefficient (Wildman–Crippen LogP) is 2.32. The molecule has 0 bridgehead atoms. The maximum absolute atomic E-state index is 12.7. The molecule has 30 heavy (non-hydrogen) atoms. The van der Waals surface area contributed by atoms with Crippen LogP contribution in [0.5, 0.6) is 0 Å². The Morgan fingerprint density at radius 1 is 1.27 bits per heavy atom. The van der Waals surface area contributed by atoms with Crippen LogP contribution in [0.15, 0.2) is 57.5 Å². The lowest BCUT2D eigenvalue weighted by Crippen LogP contribution is -2.44. The van der Waals surface area contributed by atoms with E-state index in [0.717, 1.165) is 4.90 Å². The van der Waals surface area contributed by atoms with Gasteiger partial charge >= 0.3 is 5.97 Å². The van der Waals surface area contributed by atoms with E-state index in [1.165, 1.54) is 20.1 Å². The fourth-order valence-electron chi connectivity index (χ4n) is 3.08. The molecule has 1 aromatic carbocycles. The van der Waals surface area contributed by atoms with Crippen LogP contribution < -0.4 is 0 Å².